The zero-order valence-electron chi connectivity index (χ0n) is 15.6. The van der Waals surface area contributed by atoms with Gasteiger partial charge in [-0.3, -0.25) is 0 Å². The summed E-state index contributed by atoms with van der Waals surface area (Å²) in [4.78, 5) is 12.0. The van der Waals surface area contributed by atoms with Gasteiger partial charge in [0.05, 0.1) is 13.7 Å². The lowest BCUT2D eigenvalue weighted by Crippen LogP contribution is -2.32. The molecule has 0 saturated carbocycles. The first-order valence-electron chi connectivity index (χ1n) is 8.88. The van der Waals surface area contributed by atoms with Crippen molar-refractivity contribution in [1.82, 2.24) is 5.32 Å². The zero-order valence-corrected chi connectivity index (χ0v) is 15.6. The number of para-hydroxylation sites is 3. The summed E-state index contributed by atoms with van der Waals surface area (Å²) in [6.07, 6.45) is 0. The van der Waals surface area contributed by atoms with Crippen molar-refractivity contribution in [3.63, 3.8) is 0 Å². The van der Waals surface area contributed by atoms with Crippen LogP contribution in [0.1, 0.15) is 0 Å². The van der Waals surface area contributed by atoms with Gasteiger partial charge in [0.25, 0.3) is 0 Å². The Labute approximate surface area is 164 Å². The first-order valence-corrected chi connectivity index (χ1v) is 8.88. The molecule has 28 heavy (non-hydrogen) atoms. The van der Waals surface area contributed by atoms with Crippen molar-refractivity contribution in [2.75, 3.05) is 25.6 Å². The highest BCUT2D eigenvalue weighted by Gasteiger charge is 2.04. The molecule has 0 bridgehead atoms. The Morgan fingerprint density at radius 3 is 2.18 bits per heavy atom. The summed E-state index contributed by atoms with van der Waals surface area (Å²) in [5, 5.41) is 5.51. The van der Waals surface area contributed by atoms with Gasteiger partial charge in [-0.15, -0.1) is 0 Å². The number of hydrogen-bond donors (Lipinski definition) is 2. The molecule has 144 valence electrons. The number of carbonyl (C=O) groups is 1. The number of urea groups is 1. The summed E-state index contributed by atoms with van der Waals surface area (Å²) >= 11 is 0. The molecule has 0 aliphatic carbocycles. The fourth-order valence-electron chi connectivity index (χ4n) is 2.47. The Balaban J connectivity index is 1.41. The van der Waals surface area contributed by atoms with Gasteiger partial charge in [0, 0.05) is 5.69 Å². The van der Waals surface area contributed by atoms with Crippen LogP contribution in [0.4, 0.5) is 10.5 Å². The molecule has 0 saturated heterocycles. The number of rotatable bonds is 8. The summed E-state index contributed by atoms with van der Waals surface area (Å²) in [7, 11) is 1.59. The summed E-state index contributed by atoms with van der Waals surface area (Å²) in [6.45, 7) is 0.691. The van der Waals surface area contributed by atoms with E-state index in [9.17, 15) is 4.79 Å². The lowest BCUT2D eigenvalue weighted by molar-refractivity contribution is 0.246. The average Bonchev–Trinajstić information content (AvgIpc) is 2.74. The van der Waals surface area contributed by atoms with Crippen LogP contribution in [0.2, 0.25) is 0 Å². The van der Waals surface area contributed by atoms with E-state index >= 15 is 0 Å². The minimum absolute atomic E-state index is 0.305. The molecule has 0 aliphatic rings. The first-order chi connectivity index (χ1) is 13.7. The van der Waals surface area contributed by atoms with Crippen molar-refractivity contribution in [2.24, 2.45) is 0 Å². The average molecular weight is 378 g/mol. The molecule has 3 aromatic rings. The predicted octanol–water partition coefficient (Wildman–Crippen LogP) is 4.69. The van der Waals surface area contributed by atoms with Crippen molar-refractivity contribution in [3.8, 4) is 23.0 Å². The number of amides is 2. The molecule has 0 aliphatic heterocycles. The lowest BCUT2D eigenvalue weighted by Gasteiger charge is -2.11. The third-order valence-electron chi connectivity index (χ3n) is 3.81. The highest BCUT2D eigenvalue weighted by Crippen LogP contribution is 2.25. The van der Waals surface area contributed by atoms with E-state index < -0.39 is 0 Å². The van der Waals surface area contributed by atoms with E-state index in [2.05, 4.69) is 10.6 Å². The van der Waals surface area contributed by atoms with E-state index in [1.807, 2.05) is 54.6 Å². The Morgan fingerprint density at radius 2 is 1.46 bits per heavy atom. The Morgan fingerprint density at radius 1 is 0.821 bits per heavy atom. The molecule has 0 atom stereocenters. The SMILES string of the molecule is COc1ccccc1OCCNC(=O)Nc1ccc(Oc2ccccc2)cc1. The number of hydrogen-bond acceptors (Lipinski definition) is 4. The van der Waals surface area contributed by atoms with Crippen molar-refractivity contribution in [3.05, 3.63) is 78.9 Å². The maximum absolute atomic E-state index is 12.0. The first kappa shape index (κ1) is 19.1. The number of methoxy groups -OCH3 is 1. The van der Waals surface area contributed by atoms with E-state index in [0.717, 1.165) is 5.75 Å². The summed E-state index contributed by atoms with van der Waals surface area (Å²) in [6, 6.07) is 23.7. The molecule has 0 spiro atoms. The molecule has 3 aromatic carbocycles. The molecule has 6 nitrogen and oxygen atoms in total. The number of benzene rings is 3. The molecule has 0 unspecified atom stereocenters. The van der Waals surface area contributed by atoms with Crippen molar-refractivity contribution < 1.29 is 19.0 Å². The normalized spacial score (nSPS) is 10.0. The third-order valence-corrected chi connectivity index (χ3v) is 3.81. The van der Waals surface area contributed by atoms with Crippen LogP contribution in [0, 0.1) is 0 Å². The van der Waals surface area contributed by atoms with E-state index in [1.54, 1.807) is 31.4 Å². The number of ether oxygens (including phenoxy) is 3. The fraction of sp³-hybridized carbons (Fsp3) is 0.136. The van der Waals surface area contributed by atoms with Gasteiger partial charge in [0.1, 0.15) is 18.1 Å². The number of anilines is 1. The Bertz CT molecular complexity index is 883. The van der Waals surface area contributed by atoms with E-state index in [-0.39, 0.29) is 6.03 Å². The largest absolute Gasteiger partial charge is 0.493 e. The maximum atomic E-state index is 12.0. The van der Waals surface area contributed by atoms with E-state index in [1.165, 1.54) is 0 Å². The summed E-state index contributed by atoms with van der Waals surface area (Å²) in [5.41, 5.74) is 0.670. The molecule has 6 heteroatoms. The van der Waals surface area contributed by atoms with Gasteiger partial charge in [0.2, 0.25) is 0 Å². The van der Waals surface area contributed by atoms with Gasteiger partial charge in [-0.05, 0) is 48.5 Å². The second-order valence-corrected chi connectivity index (χ2v) is 5.82. The van der Waals surface area contributed by atoms with Crippen LogP contribution in [0.3, 0.4) is 0 Å². The Kier molecular flexibility index (Phi) is 6.73. The molecule has 0 fully saturated rings. The molecule has 2 N–H and O–H groups in total. The van der Waals surface area contributed by atoms with Gasteiger partial charge < -0.3 is 24.8 Å². The molecule has 0 heterocycles. The van der Waals surface area contributed by atoms with Crippen LogP contribution in [0.25, 0.3) is 0 Å². The number of nitrogens with one attached hydrogen (secondary N) is 2. The number of carbonyl (C=O) groups excluding carboxylic acids is 1. The quantitative estimate of drug-likeness (QED) is 0.558. The smallest absolute Gasteiger partial charge is 0.319 e. The minimum Gasteiger partial charge on any atom is -0.493 e. The second-order valence-electron chi connectivity index (χ2n) is 5.82. The monoisotopic (exact) mass is 378 g/mol. The van der Waals surface area contributed by atoms with Gasteiger partial charge in [0.15, 0.2) is 11.5 Å². The van der Waals surface area contributed by atoms with Crippen LogP contribution in [0.15, 0.2) is 78.9 Å². The second kappa shape index (κ2) is 9.87. The van der Waals surface area contributed by atoms with Crippen molar-refractivity contribution in [1.29, 1.82) is 0 Å². The lowest BCUT2D eigenvalue weighted by atomic mass is 10.3. The minimum atomic E-state index is -0.305. The topological polar surface area (TPSA) is 68.8 Å². The molecular weight excluding hydrogens is 356 g/mol. The molecule has 0 aromatic heterocycles. The van der Waals surface area contributed by atoms with E-state index in [4.69, 9.17) is 14.2 Å². The van der Waals surface area contributed by atoms with Crippen LogP contribution in [-0.2, 0) is 0 Å². The van der Waals surface area contributed by atoms with Crippen LogP contribution in [-0.4, -0.2) is 26.3 Å². The van der Waals surface area contributed by atoms with Gasteiger partial charge in [-0.1, -0.05) is 30.3 Å². The summed E-state index contributed by atoms with van der Waals surface area (Å²) < 4.78 is 16.6. The van der Waals surface area contributed by atoms with Crippen molar-refractivity contribution >= 4 is 11.7 Å². The van der Waals surface area contributed by atoms with Crippen LogP contribution in [0.5, 0.6) is 23.0 Å². The summed E-state index contributed by atoms with van der Waals surface area (Å²) in [5.74, 6) is 2.75. The fourth-order valence-corrected chi connectivity index (χ4v) is 2.47. The predicted molar refractivity (Wildman–Crippen MR) is 108 cm³/mol. The Hall–Kier alpha value is -3.67. The third kappa shape index (κ3) is 5.67. The molecular formula is C22H22N2O4. The zero-order chi connectivity index (χ0) is 19.6. The standard InChI is InChI=1S/C22H22N2O4/c1-26-20-9-5-6-10-21(20)27-16-15-23-22(25)24-17-11-13-19(14-12-17)28-18-7-3-2-4-8-18/h2-14H,15-16H2,1H3,(H2,23,24,25). The van der Waals surface area contributed by atoms with Gasteiger partial charge >= 0.3 is 6.03 Å². The van der Waals surface area contributed by atoms with Crippen LogP contribution >= 0.6 is 0 Å². The highest BCUT2D eigenvalue weighted by atomic mass is 16.5. The molecule has 2 amide bonds. The molecule has 3 rings (SSSR count). The molecule has 0 radical (unpaired) electrons. The van der Waals surface area contributed by atoms with Gasteiger partial charge in [-0.2, -0.15) is 0 Å². The van der Waals surface area contributed by atoms with Crippen molar-refractivity contribution in [2.45, 2.75) is 0 Å². The maximum Gasteiger partial charge on any atom is 0.319 e. The van der Waals surface area contributed by atoms with Crippen LogP contribution < -0.4 is 24.8 Å². The van der Waals surface area contributed by atoms with Gasteiger partial charge in [-0.25, -0.2) is 4.79 Å². The highest BCUT2D eigenvalue weighted by molar-refractivity contribution is 5.89. The van der Waals surface area contributed by atoms with E-state index in [0.29, 0.717) is 36.1 Å².